The zero-order chi connectivity index (χ0) is 9.90. The van der Waals surface area contributed by atoms with E-state index in [-0.39, 0.29) is 12.1 Å². The number of hydrogen-bond donors (Lipinski definition) is 1. The van der Waals surface area contributed by atoms with Gasteiger partial charge in [0.25, 0.3) is 0 Å². The summed E-state index contributed by atoms with van der Waals surface area (Å²) in [6.07, 6.45) is -0.0881. The zero-order valence-corrected chi connectivity index (χ0v) is 8.42. The van der Waals surface area contributed by atoms with Crippen LogP contribution in [0, 0.1) is 0 Å². The van der Waals surface area contributed by atoms with Crippen LogP contribution in [-0.2, 0) is 14.3 Å². The third-order valence-electron chi connectivity index (χ3n) is 1.94. The van der Waals surface area contributed by atoms with E-state index in [0.29, 0.717) is 13.2 Å². The van der Waals surface area contributed by atoms with Crippen molar-refractivity contribution in [2.75, 3.05) is 19.7 Å². The van der Waals surface area contributed by atoms with Crippen LogP contribution < -0.4 is 5.32 Å². The van der Waals surface area contributed by atoms with Crippen LogP contribution in [-0.4, -0.2) is 37.4 Å². The standard InChI is InChI=1S/C9H17NO3/c1-7(2)13-8(11)9(3)6-10-4-5-12-9/h7,10H,4-6H2,1-3H3/t9-/m0/s1. The van der Waals surface area contributed by atoms with E-state index in [1.165, 1.54) is 0 Å². The maximum absolute atomic E-state index is 11.5. The maximum atomic E-state index is 11.5. The van der Waals surface area contributed by atoms with Crippen molar-refractivity contribution in [2.24, 2.45) is 0 Å². The molecule has 1 N–H and O–H groups in total. The average Bonchev–Trinajstić information content (AvgIpc) is 2.04. The average molecular weight is 187 g/mol. The molecule has 0 amide bonds. The molecule has 1 aliphatic rings. The van der Waals surface area contributed by atoms with Gasteiger partial charge in [0, 0.05) is 13.1 Å². The quantitative estimate of drug-likeness (QED) is 0.632. The highest BCUT2D eigenvalue weighted by Crippen LogP contribution is 2.15. The van der Waals surface area contributed by atoms with Crippen molar-refractivity contribution in [3.8, 4) is 0 Å². The van der Waals surface area contributed by atoms with Crippen LogP contribution in [0.25, 0.3) is 0 Å². The van der Waals surface area contributed by atoms with Crippen molar-refractivity contribution in [1.82, 2.24) is 5.32 Å². The normalized spacial score (nSPS) is 28.9. The molecule has 0 unspecified atom stereocenters. The smallest absolute Gasteiger partial charge is 0.339 e. The van der Waals surface area contributed by atoms with Gasteiger partial charge in [0.2, 0.25) is 0 Å². The second-order valence-electron chi connectivity index (χ2n) is 3.71. The van der Waals surface area contributed by atoms with E-state index in [1.807, 2.05) is 13.8 Å². The first-order valence-corrected chi connectivity index (χ1v) is 4.60. The molecule has 1 fully saturated rings. The highest BCUT2D eigenvalue weighted by Gasteiger charge is 2.38. The predicted molar refractivity (Wildman–Crippen MR) is 48.5 cm³/mol. The SMILES string of the molecule is CC(C)OC(=O)[C@]1(C)CNCCO1. The highest BCUT2D eigenvalue weighted by molar-refractivity contribution is 5.79. The fourth-order valence-electron chi connectivity index (χ4n) is 1.20. The highest BCUT2D eigenvalue weighted by atomic mass is 16.6. The number of esters is 1. The molecule has 76 valence electrons. The van der Waals surface area contributed by atoms with Gasteiger partial charge in [-0.15, -0.1) is 0 Å². The molecule has 4 nitrogen and oxygen atoms in total. The number of hydrogen-bond acceptors (Lipinski definition) is 4. The van der Waals surface area contributed by atoms with Gasteiger partial charge in [0.1, 0.15) is 0 Å². The van der Waals surface area contributed by atoms with Gasteiger partial charge in [-0.3, -0.25) is 0 Å². The van der Waals surface area contributed by atoms with E-state index < -0.39 is 5.60 Å². The predicted octanol–water partition coefficient (Wildman–Crippen LogP) is 0.317. The minimum atomic E-state index is -0.803. The lowest BCUT2D eigenvalue weighted by atomic mass is 10.1. The van der Waals surface area contributed by atoms with Gasteiger partial charge < -0.3 is 14.8 Å². The summed E-state index contributed by atoms with van der Waals surface area (Å²) >= 11 is 0. The fraction of sp³-hybridized carbons (Fsp3) is 0.889. The lowest BCUT2D eigenvalue weighted by molar-refractivity contribution is -0.177. The third kappa shape index (κ3) is 2.67. The number of rotatable bonds is 2. The summed E-state index contributed by atoms with van der Waals surface area (Å²) in [7, 11) is 0. The monoisotopic (exact) mass is 187 g/mol. The van der Waals surface area contributed by atoms with E-state index in [9.17, 15) is 4.79 Å². The van der Waals surface area contributed by atoms with Gasteiger partial charge in [-0.1, -0.05) is 0 Å². The maximum Gasteiger partial charge on any atom is 0.339 e. The van der Waals surface area contributed by atoms with Crippen LogP contribution in [0.1, 0.15) is 20.8 Å². The van der Waals surface area contributed by atoms with Crippen molar-refractivity contribution < 1.29 is 14.3 Å². The Kier molecular flexibility index (Phi) is 3.27. The molecule has 13 heavy (non-hydrogen) atoms. The molecule has 1 rings (SSSR count). The molecular weight excluding hydrogens is 170 g/mol. The number of ether oxygens (including phenoxy) is 2. The summed E-state index contributed by atoms with van der Waals surface area (Å²) in [5.41, 5.74) is -0.803. The Hall–Kier alpha value is -0.610. The van der Waals surface area contributed by atoms with Crippen molar-refractivity contribution in [2.45, 2.75) is 32.5 Å². The molecule has 0 aromatic carbocycles. The van der Waals surface area contributed by atoms with Crippen LogP contribution in [0.15, 0.2) is 0 Å². The second kappa shape index (κ2) is 4.07. The Morgan fingerprint density at radius 2 is 2.31 bits per heavy atom. The fourth-order valence-corrected chi connectivity index (χ4v) is 1.20. The van der Waals surface area contributed by atoms with Gasteiger partial charge in [-0.2, -0.15) is 0 Å². The Balaban J connectivity index is 2.51. The van der Waals surface area contributed by atoms with Gasteiger partial charge in [0.15, 0.2) is 5.60 Å². The Labute approximate surface area is 78.6 Å². The van der Waals surface area contributed by atoms with Crippen LogP contribution in [0.4, 0.5) is 0 Å². The number of carbonyl (C=O) groups excluding carboxylic acids is 1. The van der Waals surface area contributed by atoms with Crippen LogP contribution in [0.3, 0.4) is 0 Å². The second-order valence-corrected chi connectivity index (χ2v) is 3.71. The third-order valence-corrected chi connectivity index (χ3v) is 1.94. The van der Waals surface area contributed by atoms with Crippen molar-refractivity contribution >= 4 is 5.97 Å². The minimum absolute atomic E-state index is 0.0881. The lowest BCUT2D eigenvalue weighted by Gasteiger charge is -2.32. The summed E-state index contributed by atoms with van der Waals surface area (Å²) in [6, 6.07) is 0. The molecule has 0 saturated carbocycles. The van der Waals surface area contributed by atoms with Gasteiger partial charge in [0.05, 0.1) is 12.7 Å². The first-order valence-electron chi connectivity index (χ1n) is 4.60. The first kappa shape index (κ1) is 10.5. The summed E-state index contributed by atoms with van der Waals surface area (Å²) in [4.78, 5) is 11.5. The number of carbonyl (C=O) groups is 1. The van der Waals surface area contributed by atoms with Crippen molar-refractivity contribution in [1.29, 1.82) is 0 Å². The Morgan fingerprint density at radius 3 is 2.77 bits per heavy atom. The van der Waals surface area contributed by atoms with Crippen molar-refractivity contribution in [3.05, 3.63) is 0 Å². The first-order chi connectivity index (χ1) is 6.04. The summed E-state index contributed by atoms with van der Waals surface area (Å²) in [6.45, 7) is 7.30. The Morgan fingerprint density at radius 1 is 1.62 bits per heavy atom. The number of nitrogens with one attached hydrogen (secondary N) is 1. The molecule has 0 radical (unpaired) electrons. The topological polar surface area (TPSA) is 47.6 Å². The molecule has 0 spiro atoms. The van der Waals surface area contributed by atoms with Crippen LogP contribution in [0.2, 0.25) is 0 Å². The summed E-state index contributed by atoms with van der Waals surface area (Å²) in [5, 5.41) is 3.10. The zero-order valence-electron chi connectivity index (χ0n) is 8.42. The molecule has 0 bridgehead atoms. The molecule has 0 aromatic rings. The lowest BCUT2D eigenvalue weighted by Crippen LogP contribution is -2.54. The molecule has 4 heteroatoms. The van der Waals surface area contributed by atoms with E-state index in [2.05, 4.69) is 5.32 Å². The molecule has 1 heterocycles. The van der Waals surface area contributed by atoms with Gasteiger partial charge in [-0.25, -0.2) is 4.79 Å². The molecule has 1 aliphatic heterocycles. The molecule has 1 atom stereocenters. The van der Waals surface area contributed by atoms with E-state index in [1.54, 1.807) is 6.92 Å². The van der Waals surface area contributed by atoms with Crippen molar-refractivity contribution in [3.63, 3.8) is 0 Å². The number of morpholine rings is 1. The molecular formula is C9H17NO3. The summed E-state index contributed by atoms with van der Waals surface area (Å²) in [5.74, 6) is -0.283. The summed E-state index contributed by atoms with van der Waals surface area (Å²) < 4.78 is 10.5. The van der Waals surface area contributed by atoms with E-state index in [0.717, 1.165) is 6.54 Å². The molecule has 0 aliphatic carbocycles. The Bertz CT molecular complexity index is 185. The van der Waals surface area contributed by atoms with Crippen LogP contribution >= 0.6 is 0 Å². The molecule has 1 saturated heterocycles. The van der Waals surface area contributed by atoms with E-state index >= 15 is 0 Å². The van der Waals surface area contributed by atoms with Gasteiger partial charge >= 0.3 is 5.97 Å². The van der Waals surface area contributed by atoms with Gasteiger partial charge in [-0.05, 0) is 20.8 Å². The largest absolute Gasteiger partial charge is 0.461 e. The van der Waals surface area contributed by atoms with E-state index in [4.69, 9.17) is 9.47 Å². The minimum Gasteiger partial charge on any atom is -0.461 e. The van der Waals surface area contributed by atoms with Crippen LogP contribution in [0.5, 0.6) is 0 Å². The molecule has 0 aromatic heterocycles.